The van der Waals surface area contributed by atoms with E-state index in [4.69, 9.17) is 9.47 Å². The molecule has 0 aliphatic heterocycles. The quantitative estimate of drug-likeness (QED) is 0.106. The molecule has 91 heavy (non-hydrogen) atoms. The van der Waals surface area contributed by atoms with E-state index in [0.717, 1.165) is 89.8 Å². The van der Waals surface area contributed by atoms with Crippen LogP contribution in [-0.2, 0) is 47.9 Å². The van der Waals surface area contributed by atoms with Crippen LogP contribution in [0, 0.1) is 25.7 Å². The molecular weight excluding hydrogens is 1230 g/mol. The molecule has 0 bridgehead atoms. The maximum atomic E-state index is 12.3. The Hall–Kier alpha value is -7.42. The number of nitrogens with zero attached hydrogens (tertiary/aromatic N) is 2. The van der Waals surface area contributed by atoms with Crippen molar-refractivity contribution < 1.29 is 45.9 Å². The van der Waals surface area contributed by atoms with Crippen LogP contribution in [0.5, 0.6) is 23.0 Å². The van der Waals surface area contributed by atoms with Crippen LogP contribution in [0.3, 0.4) is 0 Å². The van der Waals surface area contributed by atoms with Crippen molar-refractivity contribution in [1.82, 2.24) is 9.13 Å². The van der Waals surface area contributed by atoms with E-state index in [-0.39, 0.29) is 59.4 Å². The number of hydrogen-bond acceptors (Lipinski definition) is 4. The molecule has 0 amide bonds. The summed E-state index contributed by atoms with van der Waals surface area (Å²) in [5, 5.41) is 33.7. The van der Waals surface area contributed by atoms with Crippen LogP contribution >= 0.6 is 22.7 Å². The number of fused-ring (bicyclic) bond motifs is 6. The molecule has 0 spiro atoms. The second-order valence-electron chi connectivity index (χ2n) is 28.7. The number of thiophene rings is 2. The van der Waals surface area contributed by atoms with Crippen LogP contribution in [0.15, 0.2) is 193 Å². The molecule has 1 saturated carbocycles. The Bertz CT molecular complexity index is 4050. The maximum Gasteiger partial charge on any atom is 0.263 e. The zero-order valence-electron chi connectivity index (χ0n) is 55.3. The van der Waals surface area contributed by atoms with Crippen LogP contribution < -0.4 is 0 Å². The van der Waals surface area contributed by atoms with Gasteiger partial charge in [0.25, 0.3) is 11.5 Å². The first kappa shape index (κ1) is 66.5. The maximum absolute atomic E-state index is 12.3. The topological polar surface area (TPSA) is 75.9 Å². The average molecular weight is 1320 g/mol. The zero-order valence-corrected chi connectivity index (χ0v) is 59.4. The minimum Gasteiger partial charge on any atom is -0.582 e. The summed E-state index contributed by atoms with van der Waals surface area (Å²) in [5.74, 6) is 3.11. The third kappa shape index (κ3) is 14.3. The van der Waals surface area contributed by atoms with Crippen molar-refractivity contribution in [1.29, 1.82) is 0 Å². The molecule has 0 unspecified atom stereocenters. The number of aliphatic hydroxyl groups is 2. The van der Waals surface area contributed by atoms with E-state index in [1.807, 2.05) is 60.7 Å². The Morgan fingerprint density at radius 1 is 0.407 bits per heavy atom. The summed E-state index contributed by atoms with van der Waals surface area (Å²) in [6.45, 7) is 36.0. The molecule has 12 aromatic rings. The van der Waals surface area contributed by atoms with Gasteiger partial charge in [-0.1, -0.05) is 157 Å². The standard InChI is InChI=1S/C68H74N2O4S2.2C7H7.Zr/c1-65(2,3)43-25-29-53-49(33-43)50-34-44(66(4,5)6)26-30-54(50)69(53)57-39-75-63(61(57)71)47-21-15-17-23-59(47)73-37-41-19-13-14-20-42(41)38-74-60-24-18-16-22-48(60)64-62(72)58(40-76-64)70-55-31-27-45(67(7,8)9)35-51(55)52-36-46(68(10,11)12)28-32-56(52)70;2*1-7-5-3-2-4-6-7;/h15-18,21-36,39-42,71-72H,13-14,19-20,37-38H2,1-12H3;2*2-6H,1H2;/q;2*-1;/p+2/t41-,42-;;;/m0.../s1. The van der Waals surface area contributed by atoms with Crippen molar-refractivity contribution in [2.45, 2.75) is 130 Å². The number of aromatic nitrogens is 2. The van der Waals surface area contributed by atoms with E-state index in [9.17, 15) is 10.2 Å². The van der Waals surface area contributed by atoms with Crippen LogP contribution in [0.4, 0.5) is 0 Å². The molecule has 8 aromatic carbocycles. The van der Waals surface area contributed by atoms with E-state index in [1.54, 1.807) is 22.7 Å². The zero-order chi connectivity index (χ0) is 63.9. The number of ether oxygens (including phenoxy) is 2. The molecule has 2 atom stereocenters. The van der Waals surface area contributed by atoms with E-state index in [1.165, 1.54) is 56.6 Å². The normalized spacial score (nSPS) is 14.6. The third-order valence-corrected chi connectivity index (χ3v) is 20.0. The van der Waals surface area contributed by atoms with Gasteiger partial charge in [-0.25, -0.2) is 0 Å². The van der Waals surface area contributed by atoms with Crippen molar-refractivity contribution in [3.05, 3.63) is 240 Å². The SMILES string of the molecule is CC(C)(C)c1ccc2c(c1)c1cc(C(C)(C)C)ccc1n2-c1csc(-c2ccccc2[OH+]C[C@@H]2CCCC[C@H]2C[OH+]c2ccccc2-c2scc(-n3c4ccc(C(C)(C)C)cc4c4cc(C(C)(C)C)ccc43)c2O)c1O.[CH2-]c1ccccc1.[CH2-]c1ccccc1.[Zr]. The average Bonchev–Trinajstić information content (AvgIpc) is 1.61. The molecule has 4 N–H and O–H groups in total. The number of benzene rings is 8. The van der Waals surface area contributed by atoms with E-state index in [2.05, 4.69) is 238 Å². The molecule has 0 radical (unpaired) electrons. The summed E-state index contributed by atoms with van der Waals surface area (Å²) in [6, 6.07) is 63.7. The van der Waals surface area contributed by atoms with Gasteiger partial charge in [-0.3, -0.25) is 0 Å². The van der Waals surface area contributed by atoms with Crippen LogP contribution in [0.2, 0.25) is 0 Å². The minimum atomic E-state index is -0.000934. The summed E-state index contributed by atoms with van der Waals surface area (Å²) in [5.41, 5.74) is 15.1. The Morgan fingerprint density at radius 2 is 0.692 bits per heavy atom. The first-order chi connectivity index (χ1) is 42.8. The third-order valence-electron chi connectivity index (χ3n) is 18.0. The number of para-hydroxylation sites is 2. The molecule has 13 rings (SSSR count). The molecule has 1 fully saturated rings. The molecular formula is C82H90N2O4S2Zr. The second kappa shape index (κ2) is 27.0. The Morgan fingerprint density at radius 3 is 0.967 bits per heavy atom. The fourth-order valence-corrected chi connectivity index (χ4v) is 14.5. The van der Waals surface area contributed by atoms with E-state index >= 15 is 0 Å². The molecule has 1 aliphatic carbocycles. The summed E-state index contributed by atoms with van der Waals surface area (Å²) in [4.78, 5) is 1.66. The predicted molar refractivity (Wildman–Crippen MR) is 387 cm³/mol. The van der Waals surface area contributed by atoms with Crippen LogP contribution in [0.25, 0.3) is 75.9 Å². The van der Waals surface area contributed by atoms with Crippen molar-refractivity contribution in [3.63, 3.8) is 0 Å². The number of rotatable bonds is 10. The van der Waals surface area contributed by atoms with Gasteiger partial charge in [0.1, 0.15) is 0 Å². The smallest absolute Gasteiger partial charge is 0.263 e. The predicted octanol–water partition coefficient (Wildman–Crippen LogP) is 22.7. The molecule has 6 nitrogen and oxygen atoms in total. The van der Waals surface area contributed by atoms with Gasteiger partial charge >= 0.3 is 0 Å². The molecule has 0 saturated heterocycles. The summed E-state index contributed by atoms with van der Waals surface area (Å²) >= 11 is 3.16. The van der Waals surface area contributed by atoms with Crippen molar-refractivity contribution in [3.8, 4) is 55.3 Å². The first-order valence-corrected chi connectivity index (χ1v) is 33.7. The van der Waals surface area contributed by atoms with Crippen molar-refractivity contribution >= 4 is 66.3 Å². The van der Waals surface area contributed by atoms with Gasteiger partial charge in [-0.2, -0.15) is 49.2 Å². The van der Waals surface area contributed by atoms with Gasteiger partial charge < -0.3 is 28.8 Å². The molecule has 1 aliphatic rings. The molecule has 9 heteroatoms. The van der Waals surface area contributed by atoms with Crippen molar-refractivity contribution in [2.24, 2.45) is 11.8 Å². The fraction of sp³-hybridized carbons (Fsp3) is 0.293. The van der Waals surface area contributed by atoms with E-state index in [0.29, 0.717) is 25.0 Å². The van der Waals surface area contributed by atoms with Gasteiger partial charge in [0, 0.05) is 82.5 Å². The van der Waals surface area contributed by atoms with Gasteiger partial charge in [0.05, 0.1) is 54.3 Å². The fourth-order valence-electron chi connectivity index (χ4n) is 12.6. The molecule has 468 valence electrons. The molecule has 4 aromatic heterocycles. The first-order valence-electron chi connectivity index (χ1n) is 31.9. The van der Waals surface area contributed by atoms with E-state index < -0.39 is 0 Å². The minimum absolute atomic E-state index is 0. The van der Waals surface area contributed by atoms with Crippen LogP contribution in [-0.4, -0.2) is 42.0 Å². The summed E-state index contributed by atoms with van der Waals surface area (Å²) in [6.07, 6.45) is 4.57. The summed E-state index contributed by atoms with van der Waals surface area (Å²) in [7, 11) is 0. The molecule has 4 heterocycles. The monoisotopic (exact) mass is 1320 g/mol. The summed E-state index contributed by atoms with van der Waals surface area (Å²) < 4.78 is 15.3. The number of aromatic hydroxyl groups is 4. The Balaban J connectivity index is 0.000000536. The van der Waals surface area contributed by atoms with Crippen molar-refractivity contribution in [2.75, 3.05) is 13.2 Å². The second-order valence-corrected chi connectivity index (χ2v) is 30.4. The largest absolute Gasteiger partial charge is 0.582 e. The Kier molecular flexibility index (Phi) is 19.8. The van der Waals surface area contributed by atoms with Gasteiger partial charge in [0.15, 0.2) is 24.7 Å². The van der Waals surface area contributed by atoms with Gasteiger partial charge in [-0.05, 0) is 117 Å². The van der Waals surface area contributed by atoms with Gasteiger partial charge in [-0.15, -0.1) is 46.9 Å². The van der Waals surface area contributed by atoms with Crippen LogP contribution in [0.1, 0.15) is 142 Å². The van der Waals surface area contributed by atoms with Gasteiger partial charge in [0.2, 0.25) is 0 Å². The Labute approximate surface area is 567 Å². The number of hydrogen-bond donors (Lipinski definition) is 2.